The van der Waals surface area contributed by atoms with Gasteiger partial charge in [-0.05, 0) is 38.1 Å². The van der Waals surface area contributed by atoms with E-state index in [1.165, 1.54) is 13.8 Å². The average Bonchev–Trinajstić information content (AvgIpc) is 2.25. The van der Waals surface area contributed by atoms with Gasteiger partial charge in [0.1, 0.15) is 0 Å². The van der Waals surface area contributed by atoms with E-state index >= 15 is 0 Å². The van der Waals surface area contributed by atoms with Gasteiger partial charge >= 0.3 is 6.18 Å². The van der Waals surface area contributed by atoms with Crippen LogP contribution in [0.3, 0.4) is 0 Å². The number of halogens is 3. The van der Waals surface area contributed by atoms with E-state index in [9.17, 15) is 26.7 Å². The fourth-order valence-electron chi connectivity index (χ4n) is 1.18. The van der Waals surface area contributed by atoms with Crippen LogP contribution in [0.1, 0.15) is 19.4 Å². The standard InChI is InChI=1S/C11H14F3NO3S/c1-10(2,16)7-15-19(17,18)9-5-3-8(4-6-9)11(12,13)14/h3-6,15-16H,7H2,1-2H3. The SMILES string of the molecule is CC(C)(O)CNS(=O)(=O)c1ccc(C(F)(F)F)cc1. The highest BCUT2D eigenvalue weighted by Gasteiger charge is 2.30. The second kappa shape index (κ2) is 5.10. The lowest BCUT2D eigenvalue weighted by molar-refractivity contribution is -0.137. The molecule has 1 aromatic rings. The number of aliphatic hydroxyl groups is 1. The summed E-state index contributed by atoms with van der Waals surface area (Å²) in [6.45, 7) is 2.57. The molecule has 0 unspecified atom stereocenters. The van der Waals surface area contributed by atoms with Crippen LogP contribution in [0.25, 0.3) is 0 Å². The van der Waals surface area contributed by atoms with E-state index in [-0.39, 0.29) is 11.4 Å². The Balaban J connectivity index is 2.92. The van der Waals surface area contributed by atoms with Gasteiger partial charge < -0.3 is 5.11 Å². The Morgan fingerprint density at radius 1 is 1.16 bits per heavy atom. The molecule has 0 saturated carbocycles. The smallest absolute Gasteiger partial charge is 0.389 e. The Hall–Kier alpha value is -1.12. The van der Waals surface area contributed by atoms with Crippen molar-refractivity contribution in [1.29, 1.82) is 0 Å². The summed E-state index contributed by atoms with van der Waals surface area (Å²) in [4.78, 5) is -0.287. The van der Waals surface area contributed by atoms with Gasteiger partial charge in [0.05, 0.1) is 16.1 Å². The summed E-state index contributed by atoms with van der Waals surface area (Å²) < 4.78 is 62.6. The number of hydrogen-bond acceptors (Lipinski definition) is 3. The normalized spacial score (nSPS) is 13.6. The predicted octanol–water partition coefficient (Wildman–Crippen LogP) is 1.75. The van der Waals surface area contributed by atoms with Crippen LogP contribution < -0.4 is 4.72 Å². The zero-order valence-electron chi connectivity index (χ0n) is 10.3. The molecule has 0 aliphatic rings. The van der Waals surface area contributed by atoms with Gasteiger partial charge in [0.15, 0.2) is 0 Å². The number of nitrogens with one attached hydrogen (secondary N) is 1. The highest BCUT2D eigenvalue weighted by molar-refractivity contribution is 7.89. The van der Waals surface area contributed by atoms with Crippen LogP contribution in [-0.4, -0.2) is 25.7 Å². The van der Waals surface area contributed by atoms with Crippen molar-refractivity contribution < 1.29 is 26.7 Å². The van der Waals surface area contributed by atoms with Crippen molar-refractivity contribution in [1.82, 2.24) is 4.72 Å². The molecule has 0 heterocycles. The van der Waals surface area contributed by atoms with Crippen LogP contribution in [0.4, 0.5) is 13.2 Å². The molecule has 0 amide bonds. The predicted molar refractivity (Wildman–Crippen MR) is 62.9 cm³/mol. The zero-order chi connectivity index (χ0) is 14.9. The first-order chi connectivity index (χ1) is 8.42. The zero-order valence-corrected chi connectivity index (χ0v) is 11.1. The Kier molecular flexibility index (Phi) is 4.28. The van der Waals surface area contributed by atoms with Crippen LogP contribution in [0.15, 0.2) is 29.2 Å². The second-order valence-corrected chi connectivity index (χ2v) is 6.43. The Labute approximate surface area is 109 Å². The van der Waals surface area contributed by atoms with Gasteiger partial charge in [0.25, 0.3) is 0 Å². The first-order valence-electron chi connectivity index (χ1n) is 5.31. The number of benzene rings is 1. The second-order valence-electron chi connectivity index (χ2n) is 4.66. The average molecular weight is 297 g/mol. The van der Waals surface area contributed by atoms with Crippen molar-refractivity contribution in [3.8, 4) is 0 Å². The third-order valence-electron chi connectivity index (χ3n) is 2.19. The van der Waals surface area contributed by atoms with E-state index in [1.54, 1.807) is 0 Å². The molecule has 108 valence electrons. The third-order valence-corrected chi connectivity index (χ3v) is 3.60. The molecule has 8 heteroatoms. The van der Waals surface area contributed by atoms with Gasteiger partial charge in [0.2, 0.25) is 10.0 Å². The maximum Gasteiger partial charge on any atom is 0.416 e. The Bertz CT molecular complexity index is 530. The number of alkyl halides is 3. The molecule has 0 aliphatic heterocycles. The summed E-state index contributed by atoms with van der Waals surface area (Å²) in [6, 6.07) is 3.13. The molecule has 0 atom stereocenters. The molecular formula is C11H14F3NO3S. The summed E-state index contributed by atoms with van der Waals surface area (Å²) >= 11 is 0. The van der Waals surface area contributed by atoms with Gasteiger partial charge in [-0.3, -0.25) is 0 Å². The minimum Gasteiger partial charge on any atom is -0.389 e. The van der Waals surface area contributed by atoms with Crippen molar-refractivity contribution in [2.45, 2.75) is 30.5 Å². The number of sulfonamides is 1. The number of rotatable bonds is 4. The molecule has 0 bridgehead atoms. The molecule has 0 aromatic heterocycles. The molecule has 19 heavy (non-hydrogen) atoms. The summed E-state index contributed by atoms with van der Waals surface area (Å²) in [7, 11) is -3.93. The Morgan fingerprint density at radius 3 is 2.00 bits per heavy atom. The van der Waals surface area contributed by atoms with Crippen LogP contribution in [-0.2, 0) is 16.2 Å². The molecule has 2 N–H and O–H groups in total. The van der Waals surface area contributed by atoms with E-state index in [0.29, 0.717) is 12.1 Å². The van der Waals surface area contributed by atoms with E-state index in [0.717, 1.165) is 12.1 Å². The lowest BCUT2D eigenvalue weighted by Gasteiger charge is -2.17. The summed E-state index contributed by atoms with van der Waals surface area (Å²) in [6.07, 6.45) is -4.51. The van der Waals surface area contributed by atoms with Crippen LogP contribution in [0.5, 0.6) is 0 Å². The number of hydrogen-bond donors (Lipinski definition) is 2. The molecule has 4 nitrogen and oxygen atoms in total. The summed E-state index contributed by atoms with van der Waals surface area (Å²) in [5, 5.41) is 9.40. The van der Waals surface area contributed by atoms with Crippen LogP contribution in [0.2, 0.25) is 0 Å². The van der Waals surface area contributed by atoms with Gasteiger partial charge in [-0.15, -0.1) is 0 Å². The van der Waals surface area contributed by atoms with Gasteiger partial charge in [0, 0.05) is 6.54 Å². The van der Waals surface area contributed by atoms with Gasteiger partial charge in [-0.1, -0.05) is 0 Å². The minimum atomic E-state index is -4.51. The molecule has 0 fully saturated rings. The van der Waals surface area contributed by atoms with Crippen molar-refractivity contribution in [2.75, 3.05) is 6.54 Å². The molecule has 0 radical (unpaired) electrons. The lowest BCUT2D eigenvalue weighted by Crippen LogP contribution is -2.38. The van der Waals surface area contributed by atoms with Crippen LogP contribution in [0, 0.1) is 0 Å². The first-order valence-corrected chi connectivity index (χ1v) is 6.79. The van der Waals surface area contributed by atoms with E-state index in [1.807, 2.05) is 0 Å². The monoisotopic (exact) mass is 297 g/mol. The van der Waals surface area contributed by atoms with Gasteiger partial charge in [-0.2, -0.15) is 13.2 Å². The van der Waals surface area contributed by atoms with E-state index < -0.39 is 27.4 Å². The van der Waals surface area contributed by atoms with E-state index in [2.05, 4.69) is 4.72 Å². The van der Waals surface area contributed by atoms with Gasteiger partial charge in [-0.25, -0.2) is 13.1 Å². The van der Waals surface area contributed by atoms with Crippen molar-refractivity contribution >= 4 is 10.0 Å². The largest absolute Gasteiger partial charge is 0.416 e. The lowest BCUT2D eigenvalue weighted by atomic mass is 10.1. The summed E-state index contributed by atoms with van der Waals surface area (Å²) in [5.41, 5.74) is -2.17. The third kappa shape index (κ3) is 4.81. The maximum absolute atomic E-state index is 12.3. The van der Waals surface area contributed by atoms with Crippen molar-refractivity contribution in [3.05, 3.63) is 29.8 Å². The first kappa shape index (κ1) is 15.9. The molecule has 0 spiro atoms. The molecule has 1 aromatic carbocycles. The minimum absolute atomic E-state index is 0.240. The highest BCUT2D eigenvalue weighted by Crippen LogP contribution is 2.29. The molecule has 0 aliphatic carbocycles. The summed E-state index contributed by atoms with van der Waals surface area (Å²) in [5.74, 6) is 0. The van der Waals surface area contributed by atoms with E-state index in [4.69, 9.17) is 0 Å². The highest BCUT2D eigenvalue weighted by atomic mass is 32.2. The molecular weight excluding hydrogens is 283 g/mol. The van der Waals surface area contributed by atoms with Crippen molar-refractivity contribution in [3.63, 3.8) is 0 Å². The van der Waals surface area contributed by atoms with Crippen molar-refractivity contribution in [2.24, 2.45) is 0 Å². The Morgan fingerprint density at radius 2 is 1.63 bits per heavy atom. The fraction of sp³-hybridized carbons (Fsp3) is 0.455. The molecule has 0 saturated heterocycles. The maximum atomic E-state index is 12.3. The quantitative estimate of drug-likeness (QED) is 0.890. The topological polar surface area (TPSA) is 66.4 Å². The van der Waals surface area contributed by atoms with Crippen LogP contribution >= 0.6 is 0 Å². The molecule has 1 rings (SSSR count). The fourth-order valence-corrected chi connectivity index (χ4v) is 2.38.